The average molecular weight is 264 g/mol. The molecule has 0 bridgehead atoms. The van der Waals surface area contributed by atoms with Gasteiger partial charge in [-0.15, -0.1) is 0 Å². The molecule has 104 valence electrons. The maximum Gasteiger partial charge on any atom is 0.256 e. The molecule has 1 aliphatic heterocycles. The lowest BCUT2D eigenvalue weighted by molar-refractivity contribution is 0.0750. The average Bonchev–Trinajstić information content (AvgIpc) is 2.85. The molecule has 1 amide bonds. The summed E-state index contributed by atoms with van der Waals surface area (Å²) in [5.41, 5.74) is 0.158. The molecule has 0 saturated carbocycles. The normalized spacial score (nSPS) is 19.6. The van der Waals surface area contributed by atoms with Crippen LogP contribution < -0.4 is 0 Å². The highest BCUT2D eigenvalue weighted by atomic mass is 19.1. The number of carbonyl (C=O) groups is 1. The second-order valence-electron chi connectivity index (χ2n) is 5.09. The van der Waals surface area contributed by atoms with Gasteiger partial charge in [-0.3, -0.25) is 9.69 Å². The zero-order valence-corrected chi connectivity index (χ0v) is 11.6. The maximum absolute atomic E-state index is 13.6. The van der Waals surface area contributed by atoms with Crippen LogP contribution in [0, 0.1) is 5.82 Å². The quantitative estimate of drug-likeness (QED) is 0.833. The van der Waals surface area contributed by atoms with E-state index in [1.807, 2.05) is 0 Å². The Hall–Kier alpha value is -1.42. The zero-order chi connectivity index (χ0) is 13.8. The van der Waals surface area contributed by atoms with Crippen molar-refractivity contribution >= 4 is 5.91 Å². The molecule has 1 heterocycles. The molecule has 1 atom stereocenters. The van der Waals surface area contributed by atoms with E-state index < -0.39 is 5.82 Å². The number of likely N-dealkylation sites (tertiary alicyclic amines) is 1. The predicted molar refractivity (Wildman–Crippen MR) is 73.6 cm³/mol. The van der Waals surface area contributed by atoms with Gasteiger partial charge in [-0.05, 0) is 38.1 Å². The summed E-state index contributed by atoms with van der Waals surface area (Å²) >= 11 is 0. The van der Waals surface area contributed by atoms with Gasteiger partial charge in [0.25, 0.3) is 5.91 Å². The third kappa shape index (κ3) is 3.13. The summed E-state index contributed by atoms with van der Waals surface area (Å²) in [5.74, 6) is -0.681. The summed E-state index contributed by atoms with van der Waals surface area (Å²) in [7, 11) is 1.75. The Labute approximate surface area is 114 Å². The highest BCUT2D eigenvalue weighted by molar-refractivity contribution is 5.94. The number of benzene rings is 1. The van der Waals surface area contributed by atoms with E-state index >= 15 is 0 Å². The molecule has 1 saturated heterocycles. The highest BCUT2D eigenvalue weighted by Crippen LogP contribution is 2.18. The van der Waals surface area contributed by atoms with Crippen molar-refractivity contribution in [2.45, 2.75) is 25.8 Å². The van der Waals surface area contributed by atoms with Crippen LogP contribution in [0.2, 0.25) is 0 Å². The van der Waals surface area contributed by atoms with Crippen molar-refractivity contribution in [3.8, 4) is 0 Å². The summed E-state index contributed by atoms with van der Waals surface area (Å²) in [6.45, 7) is 4.91. The van der Waals surface area contributed by atoms with Crippen molar-refractivity contribution in [3.63, 3.8) is 0 Å². The molecule has 0 aromatic heterocycles. The molecular weight excluding hydrogens is 243 g/mol. The molecule has 19 heavy (non-hydrogen) atoms. The summed E-state index contributed by atoms with van der Waals surface area (Å²) < 4.78 is 13.6. The summed E-state index contributed by atoms with van der Waals surface area (Å²) in [6, 6.07) is 6.57. The Bertz CT molecular complexity index is 450. The number of hydrogen-bond donors (Lipinski definition) is 0. The van der Waals surface area contributed by atoms with E-state index in [0.717, 1.165) is 19.5 Å². The van der Waals surface area contributed by atoms with Gasteiger partial charge in [-0.2, -0.15) is 0 Å². The van der Waals surface area contributed by atoms with Gasteiger partial charge in [0, 0.05) is 19.6 Å². The molecule has 1 aromatic rings. The first-order chi connectivity index (χ1) is 9.13. The third-order valence-corrected chi connectivity index (χ3v) is 3.84. The summed E-state index contributed by atoms with van der Waals surface area (Å²) in [6.07, 6.45) is 2.29. The monoisotopic (exact) mass is 264 g/mol. The second kappa shape index (κ2) is 6.15. The van der Waals surface area contributed by atoms with E-state index in [-0.39, 0.29) is 11.5 Å². The standard InChI is InChI=1S/C15H21FN2O/c1-3-18-10-6-7-12(18)11-17(2)15(19)13-8-4-5-9-14(13)16/h4-5,8-9,12H,3,6-7,10-11H2,1-2H3. The Morgan fingerprint density at radius 3 is 2.89 bits per heavy atom. The zero-order valence-electron chi connectivity index (χ0n) is 11.6. The second-order valence-corrected chi connectivity index (χ2v) is 5.09. The molecule has 4 heteroatoms. The maximum atomic E-state index is 13.6. The molecule has 0 radical (unpaired) electrons. The first-order valence-corrected chi connectivity index (χ1v) is 6.87. The first kappa shape index (κ1) is 14.0. The smallest absolute Gasteiger partial charge is 0.256 e. The van der Waals surface area contributed by atoms with Crippen molar-refractivity contribution in [2.75, 3.05) is 26.7 Å². The van der Waals surface area contributed by atoms with Gasteiger partial charge in [0.2, 0.25) is 0 Å². The van der Waals surface area contributed by atoms with Gasteiger partial charge in [-0.25, -0.2) is 4.39 Å². The molecule has 1 aliphatic rings. The van der Waals surface area contributed by atoms with E-state index in [4.69, 9.17) is 0 Å². The summed E-state index contributed by atoms with van der Waals surface area (Å²) in [4.78, 5) is 16.2. The Kier molecular flexibility index (Phi) is 4.53. The fourth-order valence-electron chi connectivity index (χ4n) is 2.76. The Morgan fingerprint density at radius 2 is 2.21 bits per heavy atom. The number of hydrogen-bond acceptors (Lipinski definition) is 2. The van der Waals surface area contributed by atoms with Crippen molar-refractivity contribution < 1.29 is 9.18 Å². The van der Waals surface area contributed by atoms with Crippen LogP contribution in [0.15, 0.2) is 24.3 Å². The minimum absolute atomic E-state index is 0.158. The molecular formula is C15H21FN2O. The molecule has 1 unspecified atom stereocenters. The van der Waals surface area contributed by atoms with Crippen molar-refractivity contribution in [2.24, 2.45) is 0 Å². The minimum Gasteiger partial charge on any atom is -0.340 e. The molecule has 1 aromatic carbocycles. The van der Waals surface area contributed by atoms with Crippen molar-refractivity contribution in [1.29, 1.82) is 0 Å². The van der Waals surface area contributed by atoms with Crippen molar-refractivity contribution in [1.82, 2.24) is 9.80 Å². The van der Waals surface area contributed by atoms with Gasteiger partial charge in [0.15, 0.2) is 0 Å². The van der Waals surface area contributed by atoms with Crippen LogP contribution in [0.5, 0.6) is 0 Å². The van der Waals surface area contributed by atoms with E-state index in [1.54, 1.807) is 30.1 Å². The highest BCUT2D eigenvalue weighted by Gasteiger charge is 2.26. The Morgan fingerprint density at radius 1 is 1.47 bits per heavy atom. The molecule has 0 aliphatic carbocycles. The van der Waals surface area contributed by atoms with Crippen LogP contribution in [0.3, 0.4) is 0 Å². The fourth-order valence-corrected chi connectivity index (χ4v) is 2.76. The number of nitrogens with zero attached hydrogens (tertiary/aromatic N) is 2. The number of likely N-dealkylation sites (N-methyl/N-ethyl adjacent to an activating group) is 2. The van der Waals surface area contributed by atoms with Crippen LogP contribution >= 0.6 is 0 Å². The minimum atomic E-state index is -0.446. The molecule has 0 N–H and O–H groups in total. The van der Waals surface area contributed by atoms with Crippen LogP contribution in [0.1, 0.15) is 30.1 Å². The van der Waals surface area contributed by atoms with Crippen LogP contribution in [-0.2, 0) is 0 Å². The van der Waals surface area contributed by atoms with Crippen LogP contribution in [0.25, 0.3) is 0 Å². The molecule has 3 nitrogen and oxygen atoms in total. The molecule has 2 rings (SSSR count). The number of halogens is 1. The van der Waals surface area contributed by atoms with E-state index in [9.17, 15) is 9.18 Å². The first-order valence-electron chi connectivity index (χ1n) is 6.87. The predicted octanol–water partition coefficient (Wildman–Crippen LogP) is 2.38. The fraction of sp³-hybridized carbons (Fsp3) is 0.533. The molecule has 0 spiro atoms. The van der Waals surface area contributed by atoms with Crippen LogP contribution in [-0.4, -0.2) is 48.4 Å². The largest absolute Gasteiger partial charge is 0.340 e. The third-order valence-electron chi connectivity index (χ3n) is 3.84. The van der Waals surface area contributed by atoms with E-state index in [1.165, 1.54) is 12.5 Å². The lowest BCUT2D eigenvalue weighted by Gasteiger charge is -2.27. The van der Waals surface area contributed by atoms with Gasteiger partial charge < -0.3 is 4.90 Å². The van der Waals surface area contributed by atoms with Crippen LogP contribution in [0.4, 0.5) is 4.39 Å². The SMILES string of the molecule is CCN1CCCC1CN(C)C(=O)c1ccccc1F. The lowest BCUT2D eigenvalue weighted by Crippen LogP contribution is -2.41. The lowest BCUT2D eigenvalue weighted by atomic mass is 10.1. The van der Waals surface area contributed by atoms with Gasteiger partial charge in [0.05, 0.1) is 5.56 Å². The topological polar surface area (TPSA) is 23.6 Å². The van der Waals surface area contributed by atoms with E-state index in [2.05, 4.69) is 11.8 Å². The van der Waals surface area contributed by atoms with Gasteiger partial charge in [0.1, 0.15) is 5.82 Å². The van der Waals surface area contributed by atoms with E-state index in [0.29, 0.717) is 12.6 Å². The number of amides is 1. The Balaban J connectivity index is 2.02. The number of rotatable bonds is 4. The molecule has 1 fully saturated rings. The van der Waals surface area contributed by atoms with Gasteiger partial charge in [-0.1, -0.05) is 19.1 Å². The number of carbonyl (C=O) groups excluding carboxylic acids is 1. The summed E-state index contributed by atoms with van der Waals surface area (Å²) in [5, 5.41) is 0. The van der Waals surface area contributed by atoms with Crippen molar-refractivity contribution in [3.05, 3.63) is 35.6 Å². The van der Waals surface area contributed by atoms with Gasteiger partial charge >= 0.3 is 0 Å².